The number of rotatable bonds is 6. The molecule has 19 heavy (non-hydrogen) atoms. The van der Waals surface area contributed by atoms with Crippen LogP contribution in [0.15, 0.2) is 18.2 Å². The number of primary amides is 1. The highest BCUT2D eigenvalue weighted by atomic mass is 16.5. The third-order valence-corrected chi connectivity index (χ3v) is 2.31. The van der Waals surface area contributed by atoms with Gasteiger partial charge in [-0.25, -0.2) is 0 Å². The molecule has 0 radical (unpaired) electrons. The van der Waals surface area contributed by atoms with Crippen molar-refractivity contribution in [3.05, 3.63) is 23.8 Å². The topological polar surface area (TPSA) is 107 Å². The number of amides is 2. The van der Waals surface area contributed by atoms with Crippen LogP contribution in [0.5, 0.6) is 5.75 Å². The van der Waals surface area contributed by atoms with Crippen molar-refractivity contribution in [1.29, 1.82) is 0 Å². The number of nitrogens with one attached hydrogen (secondary N) is 1. The maximum atomic E-state index is 11.4. The average Bonchev–Trinajstić information content (AvgIpc) is 2.27. The van der Waals surface area contributed by atoms with Crippen LogP contribution in [0, 0.1) is 0 Å². The molecule has 0 aliphatic carbocycles. The Hall–Kier alpha value is -2.24. The van der Waals surface area contributed by atoms with Gasteiger partial charge < -0.3 is 21.5 Å². The molecule has 0 aliphatic heterocycles. The zero-order valence-electron chi connectivity index (χ0n) is 11.1. The van der Waals surface area contributed by atoms with E-state index in [2.05, 4.69) is 5.32 Å². The molecule has 2 amide bonds. The second-order valence-corrected chi connectivity index (χ2v) is 4.44. The number of anilines is 1. The van der Waals surface area contributed by atoms with Crippen molar-refractivity contribution in [2.45, 2.75) is 26.3 Å². The summed E-state index contributed by atoms with van der Waals surface area (Å²) in [6, 6.07) is 4.67. The summed E-state index contributed by atoms with van der Waals surface area (Å²) in [5.74, 6) is -0.411. The van der Waals surface area contributed by atoms with Gasteiger partial charge in [0.1, 0.15) is 5.75 Å². The second-order valence-electron chi connectivity index (χ2n) is 4.44. The number of carbonyl (C=O) groups is 2. The third-order valence-electron chi connectivity index (χ3n) is 2.31. The molecule has 1 aromatic carbocycles. The zero-order valence-corrected chi connectivity index (χ0v) is 11.1. The summed E-state index contributed by atoms with van der Waals surface area (Å²) in [5.41, 5.74) is 11.5. The Morgan fingerprint density at radius 2 is 2.05 bits per heavy atom. The maximum Gasteiger partial charge on any atom is 0.252 e. The van der Waals surface area contributed by atoms with E-state index in [1.165, 1.54) is 12.1 Å². The Labute approximate surface area is 112 Å². The maximum absolute atomic E-state index is 11.4. The van der Waals surface area contributed by atoms with Crippen molar-refractivity contribution in [3.8, 4) is 5.75 Å². The normalized spacial score (nSPS) is 10.3. The molecule has 6 nitrogen and oxygen atoms in total. The van der Waals surface area contributed by atoms with Crippen LogP contribution < -0.4 is 21.5 Å². The lowest BCUT2D eigenvalue weighted by Crippen LogP contribution is -2.31. The summed E-state index contributed by atoms with van der Waals surface area (Å²) >= 11 is 0. The predicted molar refractivity (Wildman–Crippen MR) is 72.8 cm³/mol. The van der Waals surface area contributed by atoms with Gasteiger partial charge in [-0.05, 0) is 26.0 Å². The van der Waals surface area contributed by atoms with E-state index in [1.54, 1.807) is 6.07 Å². The molecular weight excluding hydrogens is 246 g/mol. The molecule has 0 atom stereocenters. The quantitative estimate of drug-likeness (QED) is 0.657. The monoisotopic (exact) mass is 265 g/mol. The Bertz CT molecular complexity index is 472. The van der Waals surface area contributed by atoms with Gasteiger partial charge in [-0.1, -0.05) is 0 Å². The van der Waals surface area contributed by atoms with Crippen LogP contribution in [0.2, 0.25) is 0 Å². The van der Waals surface area contributed by atoms with Crippen molar-refractivity contribution in [1.82, 2.24) is 5.32 Å². The Balaban J connectivity index is 2.60. The molecule has 0 bridgehead atoms. The predicted octanol–water partition coefficient (Wildman–Crippen LogP) is 0.661. The molecule has 104 valence electrons. The highest BCUT2D eigenvalue weighted by molar-refractivity contribution is 5.96. The first kappa shape index (κ1) is 14.8. The molecule has 0 aliphatic rings. The van der Waals surface area contributed by atoms with Crippen LogP contribution in [-0.4, -0.2) is 24.5 Å². The van der Waals surface area contributed by atoms with Gasteiger partial charge in [-0.2, -0.15) is 0 Å². The van der Waals surface area contributed by atoms with Gasteiger partial charge >= 0.3 is 0 Å². The van der Waals surface area contributed by atoms with E-state index in [0.717, 1.165) is 0 Å². The molecule has 5 N–H and O–H groups in total. The Morgan fingerprint density at radius 3 is 2.63 bits per heavy atom. The van der Waals surface area contributed by atoms with Crippen LogP contribution in [-0.2, 0) is 4.79 Å². The summed E-state index contributed by atoms with van der Waals surface area (Å²) in [6.07, 6.45) is 0.200. The summed E-state index contributed by atoms with van der Waals surface area (Å²) in [7, 11) is 0. The molecule has 0 unspecified atom stereocenters. The van der Waals surface area contributed by atoms with Crippen molar-refractivity contribution >= 4 is 17.5 Å². The molecule has 0 spiro atoms. The smallest absolute Gasteiger partial charge is 0.252 e. The van der Waals surface area contributed by atoms with E-state index in [-0.39, 0.29) is 30.5 Å². The lowest BCUT2D eigenvalue weighted by molar-refractivity contribution is -0.122. The fraction of sp³-hybridized carbons (Fsp3) is 0.385. The largest absolute Gasteiger partial charge is 0.492 e. The van der Waals surface area contributed by atoms with E-state index in [1.807, 2.05) is 13.8 Å². The van der Waals surface area contributed by atoms with E-state index in [0.29, 0.717) is 11.4 Å². The van der Waals surface area contributed by atoms with Gasteiger partial charge in [0.15, 0.2) is 0 Å². The molecular formula is C13H19N3O3. The number of hydrogen-bond donors (Lipinski definition) is 3. The summed E-state index contributed by atoms with van der Waals surface area (Å²) < 4.78 is 5.39. The lowest BCUT2D eigenvalue weighted by atomic mass is 10.1. The number of ether oxygens (including phenoxy) is 1. The molecule has 6 heteroatoms. The minimum Gasteiger partial charge on any atom is -0.492 e. The lowest BCUT2D eigenvalue weighted by Gasteiger charge is -2.11. The highest BCUT2D eigenvalue weighted by Crippen LogP contribution is 2.21. The molecule has 0 aromatic heterocycles. The van der Waals surface area contributed by atoms with Crippen LogP contribution in [0.3, 0.4) is 0 Å². The Kier molecular flexibility index (Phi) is 5.17. The van der Waals surface area contributed by atoms with Gasteiger partial charge in [-0.3, -0.25) is 9.59 Å². The van der Waals surface area contributed by atoms with Crippen molar-refractivity contribution in [3.63, 3.8) is 0 Å². The molecule has 0 saturated heterocycles. The van der Waals surface area contributed by atoms with Gasteiger partial charge in [0.25, 0.3) is 5.91 Å². The fourth-order valence-corrected chi connectivity index (χ4v) is 1.51. The van der Waals surface area contributed by atoms with E-state index < -0.39 is 5.91 Å². The standard InChI is InChI=1S/C13H19N3O3/c1-8(2)16-12(17)5-6-19-11-7-9(14)3-4-10(11)13(15)18/h3-4,7-8H,5-6,14H2,1-2H3,(H2,15,18)(H,16,17). The minimum atomic E-state index is -0.596. The molecule has 0 heterocycles. The molecule has 0 saturated carbocycles. The number of carbonyl (C=O) groups excluding carboxylic acids is 2. The first-order valence-electron chi connectivity index (χ1n) is 6.01. The van der Waals surface area contributed by atoms with E-state index >= 15 is 0 Å². The van der Waals surface area contributed by atoms with Crippen LogP contribution in [0.1, 0.15) is 30.6 Å². The SMILES string of the molecule is CC(C)NC(=O)CCOc1cc(N)ccc1C(N)=O. The second kappa shape index (κ2) is 6.63. The molecule has 1 rings (SSSR count). The van der Waals surface area contributed by atoms with Crippen LogP contribution >= 0.6 is 0 Å². The van der Waals surface area contributed by atoms with Gasteiger partial charge in [0.2, 0.25) is 5.91 Å². The first-order chi connectivity index (χ1) is 8.90. The number of benzene rings is 1. The molecule has 1 aromatic rings. The average molecular weight is 265 g/mol. The summed E-state index contributed by atoms with van der Waals surface area (Å²) in [5, 5.41) is 2.74. The van der Waals surface area contributed by atoms with Gasteiger partial charge in [0, 0.05) is 17.8 Å². The highest BCUT2D eigenvalue weighted by Gasteiger charge is 2.10. The van der Waals surface area contributed by atoms with Crippen molar-refractivity contribution in [2.24, 2.45) is 5.73 Å². The summed E-state index contributed by atoms with van der Waals surface area (Å²) in [6.45, 7) is 3.91. The van der Waals surface area contributed by atoms with Crippen LogP contribution in [0.4, 0.5) is 5.69 Å². The van der Waals surface area contributed by atoms with Gasteiger partial charge in [-0.15, -0.1) is 0 Å². The van der Waals surface area contributed by atoms with E-state index in [9.17, 15) is 9.59 Å². The number of nitrogen functional groups attached to an aromatic ring is 1. The number of nitrogens with two attached hydrogens (primary N) is 2. The zero-order chi connectivity index (χ0) is 14.4. The Morgan fingerprint density at radius 1 is 1.37 bits per heavy atom. The fourth-order valence-electron chi connectivity index (χ4n) is 1.51. The molecule has 0 fully saturated rings. The van der Waals surface area contributed by atoms with E-state index in [4.69, 9.17) is 16.2 Å². The van der Waals surface area contributed by atoms with Crippen molar-refractivity contribution < 1.29 is 14.3 Å². The third kappa shape index (κ3) is 4.87. The van der Waals surface area contributed by atoms with Gasteiger partial charge in [0.05, 0.1) is 18.6 Å². The first-order valence-corrected chi connectivity index (χ1v) is 6.01. The van der Waals surface area contributed by atoms with Crippen molar-refractivity contribution in [2.75, 3.05) is 12.3 Å². The van der Waals surface area contributed by atoms with Crippen LogP contribution in [0.25, 0.3) is 0 Å². The number of hydrogen-bond acceptors (Lipinski definition) is 4. The minimum absolute atomic E-state index is 0.0843. The summed E-state index contributed by atoms with van der Waals surface area (Å²) in [4.78, 5) is 22.6.